The molecule has 98 valence electrons. The van der Waals surface area contributed by atoms with E-state index in [2.05, 4.69) is 10.3 Å². The van der Waals surface area contributed by atoms with Gasteiger partial charge in [-0.3, -0.25) is 4.79 Å². The molecule has 1 aromatic carbocycles. The number of nitrogens with zero attached hydrogens (tertiary/aromatic N) is 1. The summed E-state index contributed by atoms with van der Waals surface area (Å²) in [7, 11) is 0. The number of amides is 1. The molecule has 0 saturated carbocycles. The third-order valence-electron chi connectivity index (χ3n) is 2.64. The second-order valence-electron chi connectivity index (χ2n) is 3.96. The highest BCUT2D eigenvalue weighted by atomic mass is 19.1. The van der Waals surface area contributed by atoms with Crippen molar-refractivity contribution in [3.8, 4) is 0 Å². The van der Waals surface area contributed by atoms with Crippen LogP contribution in [0, 0.1) is 5.95 Å². The Balaban J connectivity index is 2.13. The summed E-state index contributed by atoms with van der Waals surface area (Å²) >= 11 is 0. The standard InChI is InChI=1S/C14H13FN2O2/c15-13-8-4-7-11(16-13)14(19)17-12(9-18)10-5-2-1-3-6-10/h1-8,12,18H,9H2,(H,17,19)/t12-/m0/s1. The van der Waals surface area contributed by atoms with Crippen LogP contribution in [0.25, 0.3) is 0 Å². The molecule has 0 bridgehead atoms. The quantitative estimate of drug-likeness (QED) is 0.822. The van der Waals surface area contributed by atoms with Crippen molar-refractivity contribution in [1.82, 2.24) is 10.3 Å². The molecule has 0 aliphatic heterocycles. The lowest BCUT2D eigenvalue weighted by molar-refractivity contribution is 0.0910. The lowest BCUT2D eigenvalue weighted by Crippen LogP contribution is -2.31. The average molecular weight is 260 g/mol. The van der Waals surface area contributed by atoms with Gasteiger partial charge in [-0.05, 0) is 17.7 Å². The Labute approximate surface area is 109 Å². The maximum absolute atomic E-state index is 12.9. The molecule has 2 rings (SSSR count). The Bertz CT molecular complexity index is 560. The Hall–Kier alpha value is -2.27. The van der Waals surface area contributed by atoms with Gasteiger partial charge in [0.2, 0.25) is 5.95 Å². The first kappa shape index (κ1) is 13.2. The molecule has 2 N–H and O–H groups in total. The topological polar surface area (TPSA) is 62.2 Å². The number of hydrogen-bond donors (Lipinski definition) is 2. The van der Waals surface area contributed by atoms with Crippen molar-refractivity contribution < 1.29 is 14.3 Å². The van der Waals surface area contributed by atoms with E-state index in [1.165, 1.54) is 12.1 Å². The van der Waals surface area contributed by atoms with E-state index in [1.54, 1.807) is 12.1 Å². The molecule has 5 heteroatoms. The van der Waals surface area contributed by atoms with Gasteiger partial charge in [0.05, 0.1) is 12.6 Å². The van der Waals surface area contributed by atoms with Crippen molar-refractivity contribution in [3.63, 3.8) is 0 Å². The molecular formula is C14H13FN2O2. The molecule has 0 saturated heterocycles. The molecule has 0 unspecified atom stereocenters. The average Bonchev–Trinajstić information content (AvgIpc) is 2.45. The minimum atomic E-state index is -0.715. The number of aliphatic hydroxyl groups is 1. The predicted octanol–water partition coefficient (Wildman–Crippen LogP) is 1.68. The monoisotopic (exact) mass is 260 g/mol. The fourth-order valence-electron chi connectivity index (χ4n) is 1.69. The van der Waals surface area contributed by atoms with E-state index in [4.69, 9.17) is 0 Å². The van der Waals surface area contributed by atoms with Gasteiger partial charge in [-0.15, -0.1) is 0 Å². The highest BCUT2D eigenvalue weighted by Gasteiger charge is 2.15. The predicted molar refractivity (Wildman–Crippen MR) is 67.9 cm³/mol. The van der Waals surface area contributed by atoms with Crippen molar-refractivity contribution >= 4 is 5.91 Å². The summed E-state index contributed by atoms with van der Waals surface area (Å²) in [5.41, 5.74) is 0.754. The highest BCUT2D eigenvalue weighted by molar-refractivity contribution is 5.92. The van der Waals surface area contributed by atoms with Gasteiger partial charge in [-0.1, -0.05) is 36.4 Å². The van der Waals surface area contributed by atoms with Crippen LogP contribution in [0.2, 0.25) is 0 Å². The minimum absolute atomic E-state index is 0.0191. The maximum Gasteiger partial charge on any atom is 0.270 e. The van der Waals surface area contributed by atoms with Crippen molar-refractivity contribution in [2.24, 2.45) is 0 Å². The van der Waals surface area contributed by atoms with Crippen LogP contribution in [0.1, 0.15) is 22.1 Å². The van der Waals surface area contributed by atoms with Crippen LogP contribution < -0.4 is 5.32 Å². The Kier molecular flexibility index (Phi) is 4.20. The van der Waals surface area contributed by atoms with Gasteiger partial charge in [0, 0.05) is 0 Å². The SMILES string of the molecule is O=C(N[C@@H](CO)c1ccccc1)c1cccc(F)n1. The largest absolute Gasteiger partial charge is 0.394 e. The zero-order chi connectivity index (χ0) is 13.7. The van der Waals surface area contributed by atoms with E-state index in [0.29, 0.717) is 0 Å². The zero-order valence-corrected chi connectivity index (χ0v) is 10.1. The molecule has 0 radical (unpaired) electrons. The molecular weight excluding hydrogens is 247 g/mol. The van der Waals surface area contributed by atoms with E-state index < -0.39 is 17.9 Å². The molecule has 1 amide bonds. The van der Waals surface area contributed by atoms with Gasteiger partial charge in [0.25, 0.3) is 5.91 Å². The number of benzene rings is 1. The van der Waals surface area contributed by atoms with Crippen molar-refractivity contribution in [1.29, 1.82) is 0 Å². The van der Waals surface area contributed by atoms with Crippen LogP contribution in [-0.4, -0.2) is 22.6 Å². The van der Waals surface area contributed by atoms with Crippen LogP contribution in [0.3, 0.4) is 0 Å². The third kappa shape index (κ3) is 3.35. The van der Waals surface area contributed by atoms with E-state index in [1.807, 2.05) is 18.2 Å². The van der Waals surface area contributed by atoms with Gasteiger partial charge in [-0.25, -0.2) is 4.98 Å². The lowest BCUT2D eigenvalue weighted by Gasteiger charge is -2.16. The second kappa shape index (κ2) is 6.06. The van der Waals surface area contributed by atoms with Crippen LogP contribution >= 0.6 is 0 Å². The first-order chi connectivity index (χ1) is 9.20. The number of aromatic nitrogens is 1. The van der Waals surface area contributed by atoms with E-state index >= 15 is 0 Å². The molecule has 0 aliphatic carbocycles. The van der Waals surface area contributed by atoms with E-state index in [0.717, 1.165) is 11.6 Å². The molecule has 1 atom stereocenters. The van der Waals surface area contributed by atoms with Crippen molar-refractivity contribution in [2.45, 2.75) is 6.04 Å². The smallest absolute Gasteiger partial charge is 0.270 e. The summed E-state index contributed by atoms with van der Waals surface area (Å²) in [6, 6.07) is 12.5. The molecule has 0 spiro atoms. The zero-order valence-electron chi connectivity index (χ0n) is 10.1. The van der Waals surface area contributed by atoms with Gasteiger partial charge >= 0.3 is 0 Å². The Morgan fingerprint density at radius 1 is 1.21 bits per heavy atom. The van der Waals surface area contributed by atoms with Crippen LogP contribution in [0.4, 0.5) is 4.39 Å². The first-order valence-corrected chi connectivity index (χ1v) is 5.80. The molecule has 2 aromatic rings. The summed E-state index contributed by atoms with van der Waals surface area (Å²) < 4.78 is 12.9. The molecule has 0 fully saturated rings. The third-order valence-corrected chi connectivity index (χ3v) is 2.64. The van der Waals surface area contributed by atoms with Gasteiger partial charge in [-0.2, -0.15) is 4.39 Å². The first-order valence-electron chi connectivity index (χ1n) is 5.80. The van der Waals surface area contributed by atoms with Crippen molar-refractivity contribution in [3.05, 3.63) is 65.7 Å². The number of pyridine rings is 1. The molecule has 1 heterocycles. The van der Waals surface area contributed by atoms with Gasteiger partial charge < -0.3 is 10.4 Å². The van der Waals surface area contributed by atoms with Crippen LogP contribution in [-0.2, 0) is 0 Å². The number of carbonyl (C=O) groups is 1. The maximum atomic E-state index is 12.9. The molecule has 1 aromatic heterocycles. The molecule has 0 aliphatic rings. The number of hydrogen-bond acceptors (Lipinski definition) is 3. The Morgan fingerprint density at radius 3 is 2.58 bits per heavy atom. The molecule has 19 heavy (non-hydrogen) atoms. The van der Waals surface area contributed by atoms with Crippen LogP contribution in [0.15, 0.2) is 48.5 Å². The second-order valence-corrected chi connectivity index (χ2v) is 3.96. The number of halogens is 1. The fourth-order valence-corrected chi connectivity index (χ4v) is 1.69. The van der Waals surface area contributed by atoms with Gasteiger partial charge in [0.1, 0.15) is 5.69 Å². The van der Waals surface area contributed by atoms with Crippen molar-refractivity contribution in [2.75, 3.05) is 6.61 Å². The lowest BCUT2D eigenvalue weighted by atomic mass is 10.1. The summed E-state index contributed by atoms with van der Waals surface area (Å²) in [5, 5.41) is 11.9. The summed E-state index contributed by atoms with van der Waals surface area (Å²) in [6.07, 6.45) is 0. The Morgan fingerprint density at radius 2 is 1.95 bits per heavy atom. The fraction of sp³-hybridized carbons (Fsp3) is 0.143. The number of carbonyl (C=O) groups excluding carboxylic acids is 1. The van der Waals surface area contributed by atoms with Crippen LogP contribution in [0.5, 0.6) is 0 Å². The number of aliphatic hydroxyl groups excluding tert-OH is 1. The summed E-state index contributed by atoms with van der Waals surface area (Å²) in [4.78, 5) is 15.4. The highest BCUT2D eigenvalue weighted by Crippen LogP contribution is 2.12. The summed E-state index contributed by atoms with van der Waals surface area (Å²) in [6.45, 7) is -0.245. The number of nitrogens with one attached hydrogen (secondary N) is 1. The number of rotatable bonds is 4. The molecule has 4 nitrogen and oxygen atoms in total. The van der Waals surface area contributed by atoms with E-state index in [9.17, 15) is 14.3 Å². The summed E-state index contributed by atoms with van der Waals surface area (Å²) in [5.74, 6) is -1.24. The minimum Gasteiger partial charge on any atom is -0.394 e. The van der Waals surface area contributed by atoms with E-state index in [-0.39, 0.29) is 12.3 Å². The normalized spacial score (nSPS) is 11.9. The van der Waals surface area contributed by atoms with Gasteiger partial charge in [0.15, 0.2) is 0 Å².